The molecule has 2 aliphatic heterocycles. The van der Waals surface area contributed by atoms with E-state index in [1.165, 1.54) is 5.56 Å². The van der Waals surface area contributed by atoms with E-state index in [-0.39, 0.29) is 6.10 Å². The van der Waals surface area contributed by atoms with Crippen LogP contribution in [0, 0.1) is 6.92 Å². The second-order valence-electron chi connectivity index (χ2n) is 8.17. The van der Waals surface area contributed by atoms with Crippen LogP contribution in [-0.4, -0.2) is 71.1 Å². The van der Waals surface area contributed by atoms with Crippen molar-refractivity contribution in [1.82, 2.24) is 24.5 Å². The average Bonchev–Trinajstić information content (AvgIpc) is 3.38. The molecule has 5 N–H and O–H groups in total. The first kappa shape index (κ1) is 25.1. The van der Waals surface area contributed by atoms with Gasteiger partial charge in [-0.15, -0.1) is 0 Å². The molecule has 0 aliphatic carbocycles. The van der Waals surface area contributed by atoms with Gasteiger partial charge in [-0.25, -0.2) is 9.29 Å². The van der Waals surface area contributed by atoms with E-state index < -0.39 is 0 Å². The van der Waals surface area contributed by atoms with Crippen molar-refractivity contribution in [1.29, 1.82) is 0 Å². The van der Waals surface area contributed by atoms with Gasteiger partial charge in [0, 0.05) is 74.0 Å². The van der Waals surface area contributed by atoms with Gasteiger partial charge in [0.05, 0.1) is 18.3 Å². The summed E-state index contributed by atoms with van der Waals surface area (Å²) in [4.78, 5) is 18.6. The molecule has 0 spiro atoms. The van der Waals surface area contributed by atoms with Crippen molar-refractivity contribution in [3.8, 4) is 0 Å². The number of carbonyl (C=O) groups is 1. The van der Waals surface area contributed by atoms with E-state index in [9.17, 15) is 9.90 Å². The lowest BCUT2D eigenvalue weighted by Crippen LogP contribution is -2.38. The first-order chi connectivity index (χ1) is 16.0. The molecule has 1 unspecified atom stereocenters. The number of rotatable bonds is 6. The number of hydrogen-bond donors (Lipinski definition) is 4. The van der Waals surface area contributed by atoms with E-state index in [0.717, 1.165) is 67.5 Å². The molecule has 0 bridgehead atoms. The normalized spacial score (nSPS) is 19.8. The summed E-state index contributed by atoms with van der Waals surface area (Å²) >= 11 is 1.68. The van der Waals surface area contributed by atoms with E-state index in [0.29, 0.717) is 12.2 Å². The summed E-state index contributed by atoms with van der Waals surface area (Å²) in [7, 11) is 3.84. The van der Waals surface area contributed by atoms with Gasteiger partial charge in [-0.3, -0.25) is 4.79 Å². The number of aromatic nitrogens is 2. The second-order valence-corrected chi connectivity index (χ2v) is 9.31. The van der Waals surface area contributed by atoms with Gasteiger partial charge in [0.2, 0.25) is 0 Å². The number of carbonyl (C=O) groups excluding carboxylic acids is 1. The van der Waals surface area contributed by atoms with Crippen LogP contribution in [0.1, 0.15) is 28.2 Å². The number of nitrogens with two attached hydrogens (primary N) is 1. The number of hydrogen-bond acceptors (Lipinski definition) is 9. The van der Waals surface area contributed by atoms with Crippen LogP contribution in [0.25, 0.3) is 0 Å². The van der Waals surface area contributed by atoms with E-state index in [1.807, 2.05) is 37.7 Å². The summed E-state index contributed by atoms with van der Waals surface area (Å²) in [6, 6.07) is 5.95. The van der Waals surface area contributed by atoms with Crippen molar-refractivity contribution < 1.29 is 9.90 Å². The van der Waals surface area contributed by atoms with E-state index in [4.69, 9.17) is 5.73 Å². The van der Waals surface area contributed by atoms with Gasteiger partial charge in [0.25, 0.3) is 0 Å². The van der Waals surface area contributed by atoms with Crippen molar-refractivity contribution in [3.63, 3.8) is 0 Å². The van der Waals surface area contributed by atoms with Gasteiger partial charge in [-0.05, 0) is 44.5 Å². The van der Waals surface area contributed by atoms with Crippen molar-refractivity contribution >= 4 is 24.1 Å². The summed E-state index contributed by atoms with van der Waals surface area (Å²) in [5.41, 5.74) is 9.57. The van der Waals surface area contributed by atoms with E-state index in [2.05, 4.69) is 30.9 Å². The highest BCUT2D eigenvalue weighted by molar-refractivity contribution is 7.97. The quantitative estimate of drug-likeness (QED) is 0.364. The van der Waals surface area contributed by atoms with Gasteiger partial charge in [-0.1, -0.05) is 6.07 Å². The molecule has 1 atom stereocenters. The lowest BCUT2D eigenvalue weighted by atomic mass is 10.2. The fourth-order valence-corrected chi connectivity index (χ4v) is 4.98. The molecule has 2 aromatic heterocycles. The smallest absolute Gasteiger partial charge is 0.166 e. The third kappa shape index (κ3) is 6.50. The number of anilines is 1. The van der Waals surface area contributed by atoms with Crippen LogP contribution >= 0.6 is 11.9 Å². The molecule has 0 amide bonds. The molecule has 0 aromatic carbocycles. The molecule has 4 rings (SSSR count). The minimum atomic E-state index is -0.200. The highest BCUT2D eigenvalue weighted by Gasteiger charge is 2.22. The van der Waals surface area contributed by atoms with Gasteiger partial charge in [-0.2, -0.15) is 0 Å². The van der Waals surface area contributed by atoms with Crippen LogP contribution in [0.2, 0.25) is 0 Å². The zero-order valence-electron chi connectivity index (χ0n) is 19.6. The fourth-order valence-electron chi connectivity index (χ4n) is 3.87. The van der Waals surface area contributed by atoms with Crippen LogP contribution < -0.4 is 21.3 Å². The maximum Gasteiger partial charge on any atom is 0.166 e. The number of aliphatic hydroxyl groups is 1. The Morgan fingerprint density at radius 2 is 2.24 bits per heavy atom. The predicted octanol–water partition coefficient (Wildman–Crippen LogP) is 1.23. The number of β-amino-alcohol motifs (C(OH)–C–C–N with tert-alkyl or cyclic N) is 1. The maximum absolute atomic E-state index is 10.9. The van der Waals surface area contributed by atoms with Crippen LogP contribution in [-0.2, 0) is 13.6 Å². The van der Waals surface area contributed by atoms with Gasteiger partial charge < -0.3 is 30.9 Å². The molecule has 2 saturated heterocycles. The Morgan fingerprint density at radius 1 is 1.42 bits per heavy atom. The Kier molecular flexibility index (Phi) is 9.19. The molecular formula is C23H35N7O2S. The first-order valence-electron chi connectivity index (χ1n) is 11.2. The molecule has 2 fully saturated rings. The summed E-state index contributed by atoms with van der Waals surface area (Å²) in [6.45, 7) is 7.08. The first-order valence-corrected chi connectivity index (χ1v) is 11.9. The number of nitrogens with zero attached hydrogens (tertiary/aromatic N) is 4. The van der Waals surface area contributed by atoms with Gasteiger partial charge in [0.15, 0.2) is 6.29 Å². The topological polar surface area (TPSA) is 112 Å². The second kappa shape index (κ2) is 12.1. The Morgan fingerprint density at radius 3 is 2.88 bits per heavy atom. The Hall–Kier alpha value is -2.53. The molecule has 33 heavy (non-hydrogen) atoms. The number of pyridine rings is 1. The van der Waals surface area contributed by atoms with Crippen LogP contribution in [0.3, 0.4) is 0 Å². The molecule has 0 saturated carbocycles. The van der Waals surface area contributed by atoms with Crippen molar-refractivity contribution in [2.24, 2.45) is 12.8 Å². The zero-order chi connectivity index (χ0) is 23.8. The molecule has 9 nitrogen and oxygen atoms in total. The number of piperazine rings is 1. The maximum atomic E-state index is 10.9. The van der Waals surface area contributed by atoms with Crippen molar-refractivity contribution in [2.45, 2.75) is 30.9 Å². The summed E-state index contributed by atoms with van der Waals surface area (Å²) in [6.07, 6.45) is 4.95. The van der Waals surface area contributed by atoms with Crippen molar-refractivity contribution in [2.75, 3.05) is 44.7 Å². The molecule has 10 heteroatoms. The standard InChI is InChI=1S/C12H18N4OS.C11H17N3O/c1-9-12(5-11(8-17)15(9)2)18-16-4-3-14-10(6-13)7-16;1-12-7-9-3-2-5-13-11(9)14-6-4-10(15)8-14/h5-6,8,14H,3-4,7,13H2,1-2H3;2-3,5,10,12,15H,4,6-8H2,1H3/b10-6-;. The number of aldehydes is 1. The number of nitrogens with one attached hydrogen (secondary N) is 2. The lowest BCUT2D eigenvalue weighted by Gasteiger charge is -2.28. The van der Waals surface area contributed by atoms with Crippen molar-refractivity contribution in [3.05, 3.63) is 53.2 Å². The highest BCUT2D eigenvalue weighted by atomic mass is 32.2. The molecule has 180 valence electrons. The predicted molar refractivity (Wildman–Crippen MR) is 133 cm³/mol. The Labute approximate surface area is 200 Å². The molecule has 2 aliphatic rings. The third-order valence-corrected chi connectivity index (χ3v) is 7.01. The zero-order valence-corrected chi connectivity index (χ0v) is 20.4. The van der Waals surface area contributed by atoms with Gasteiger partial charge >= 0.3 is 0 Å². The summed E-state index contributed by atoms with van der Waals surface area (Å²) in [5.74, 6) is 1.00. The third-order valence-electron chi connectivity index (χ3n) is 5.83. The molecular weight excluding hydrogens is 438 g/mol. The summed E-state index contributed by atoms with van der Waals surface area (Å²) < 4.78 is 4.16. The largest absolute Gasteiger partial charge is 0.403 e. The molecule has 4 heterocycles. The Balaban J connectivity index is 0.000000189. The lowest BCUT2D eigenvalue weighted by molar-refractivity contribution is 0.111. The Bertz CT molecular complexity index is 962. The average molecular weight is 474 g/mol. The van der Waals surface area contributed by atoms with Crippen LogP contribution in [0.5, 0.6) is 0 Å². The summed E-state index contributed by atoms with van der Waals surface area (Å²) in [5, 5.41) is 15.9. The minimum Gasteiger partial charge on any atom is -0.403 e. The van der Waals surface area contributed by atoms with E-state index >= 15 is 0 Å². The fraction of sp³-hybridized carbons (Fsp3) is 0.478. The highest BCUT2D eigenvalue weighted by Crippen LogP contribution is 2.29. The van der Waals surface area contributed by atoms with E-state index in [1.54, 1.807) is 24.3 Å². The van der Waals surface area contributed by atoms with Gasteiger partial charge in [0.1, 0.15) is 5.82 Å². The number of aliphatic hydroxyl groups excluding tert-OH is 1. The van der Waals surface area contributed by atoms with Crippen LogP contribution in [0.15, 0.2) is 41.2 Å². The SMILES string of the molecule is CNCc1cccnc1N1CCC(O)C1.Cc1c(SN2CCN/C(=C\N)C2)cc(C=O)n1C. The molecule has 2 aromatic rings. The van der Waals surface area contributed by atoms with Crippen LogP contribution in [0.4, 0.5) is 5.82 Å². The molecule has 0 radical (unpaired) electrons. The monoisotopic (exact) mass is 473 g/mol. The minimum absolute atomic E-state index is 0.200.